The Morgan fingerprint density at radius 3 is 1.67 bits per heavy atom. The molecule has 1 radical (unpaired) electrons. The predicted octanol–water partition coefficient (Wildman–Crippen LogP) is 6.94. The molecule has 0 aliphatic heterocycles. The minimum absolute atomic E-state index is 1.02. The molecule has 0 heterocycles. The third-order valence-electron chi connectivity index (χ3n) is 4.16. The smallest absolute Gasteiger partial charge is 0.0417 e. The molecule has 0 aliphatic carbocycles. The van der Waals surface area contributed by atoms with Gasteiger partial charge >= 0.3 is 0 Å². The molecule has 0 rings (SSSR count). The van der Waals surface area contributed by atoms with Crippen molar-refractivity contribution in [3.05, 3.63) is 6.92 Å². The van der Waals surface area contributed by atoms with Gasteiger partial charge < -0.3 is 0 Å². The van der Waals surface area contributed by atoms with Crippen LogP contribution >= 0.6 is 0 Å². The molecular weight excluding hydrogens is 216 g/mol. The Labute approximate surface area is 117 Å². The molecule has 1 unspecified atom stereocenters. The maximum Gasteiger partial charge on any atom is -0.0417 e. The van der Waals surface area contributed by atoms with Gasteiger partial charge in [0.15, 0.2) is 0 Å². The third-order valence-corrected chi connectivity index (χ3v) is 4.16. The standard InChI is InChI=1S/C18H37/c1-4-7-9-10-11-12-13-15-17-18(6-3)16-14-8-5-2/h18H,1,4-17H2,2-3H3. The van der Waals surface area contributed by atoms with Crippen LogP contribution in [0.25, 0.3) is 0 Å². The maximum atomic E-state index is 3.89. The van der Waals surface area contributed by atoms with Crippen LogP contribution in [0, 0.1) is 12.8 Å². The minimum Gasteiger partial charge on any atom is -0.0654 e. The fourth-order valence-corrected chi connectivity index (χ4v) is 2.73. The summed E-state index contributed by atoms with van der Waals surface area (Å²) in [4.78, 5) is 0. The summed E-state index contributed by atoms with van der Waals surface area (Å²) in [6.45, 7) is 8.56. The van der Waals surface area contributed by atoms with E-state index in [0.29, 0.717) is 0 Å². The zero-order valence-electron chi connectivity index (χ0n) is 13.2. The highest BCUT2D eigenvalue weighted by molar-refractivity contribution is 4.58. The quantitative estimate of drug-likeness (QED) is 0.294. The summed E-state index contributed by atoms with van der Waals surface area (Å²) in [5.74, 6) is 1.02. The van der Waals surface area contributed by atoms with E-state index in [0.717, 1.165) is 12.3 Å². The van der Waals surface area contributed by atoms with Crippen LogP contribution in [0.2, 0.25) is 0 Å². The van der Waals surface area contributed by atoms with Crippen molar-refractivity contribution >= 4 is 0 Å². The lowest BCUT2D eigenvalue weighted by Gasteiger charge is -2.14. The van der Waals surface area contributed by atoms with E-state index in [-0.39, 0.29) is 0 Å². The molecule has 0 fully saturated rings. The molecule has 0 spiro atoms. The van der Waals surface area contributed by atoms with Crippen molar-refractivity contribution in [2.45, 2.75) is 104 Å². The second kappa shape index (κ2) is 15.1. The molecule has 0 aromatic carbocycles. The van der Waals surface area contributed by atoms with Gasteiger partial charge in [0.25, 0.3) is 0 Å². The molecule has 0 saturated heterocycles. The lowest BCUT2D eigenvalue weighted by Crippen LogP contribution is -1.99. The normalized spacial score (nSPS) is 12.8. The summed E-state index contributed by atoms with van der Waals surface area (Å²) < 4.78 is 0. The Bertz CT molecular complexity index is 139. The monoisotopic (exact) mass is 253 g/mol. The van der Waals surface area contributed by atoms with Gasteiger partial charge in [-0.15, -0.1) is 0 Å². The first kappa shape index (κ1) is 18.0. The summed E-state index contributed by atoms with van der Waals surface area (Å²) in [7, 11) is 0. The van der Waals surface area contributed by atoms with E-state index in [1.165, 1.54) is 83.5 Å². The van der Waals surface area contributed by atoms with Gasteiger partial charge in [-0.3, -0.25) is 0 Å². The molecule has 0 saturated carbocycles. The average Bonchev–Trinajstić information content (AvgIpc) is 2.40. The lowest BCUT2D eigenvalue weighted by atomic mass is 9.92. The van der Waals surface area contributed by atoms with Gasteiger partial charge in [-0.25, -0.2) is 0 Å². The molecule has 0 heteroatoms. The molecule has 0 N–H and O–H groups in total. The van der Waals surface area contributed by atoms with Crippen LogP contribution in [0.3, 0.4) is 0 Å². The van der Waals surface area contributed by atoms with Crippen molar-refractivity contribution < 1.29 is 0 Å². The largest absolute Gasteiger partial charge is 0.0654 e. The number of hydrogen-bond acceptors (Lipinski definition) is 0. The van der Waals surface area contributed by atoms with Crippen LogP contribution in [0.4, 0.5) is 0 Å². The predicted molar refractivity (Wildman–Crippen MR) is 84.8 cm³/mol. The van der Waals surface area contributed by atoms with Crippen molar-refractivity contribution in [2.24, 2.45) is 5.92 Å². The minimum atomic E-state index is 1.02. The molecule has 0 nitrogen and oxygen atoms in total. The summed E-state index contributed by atoms with van der Waals surface area (Å²) >= 11 is 0. The van der Waals surface area contributed by atoms with E-state index in [1.54, 1.807) is 0 Å². The Morgan fingerprint density at radius 1 is 0.667 bits per heavy atom. The van der Waals surface area contributed by atoms with Gasteiger partial charge in [0.1, 0.15) is 0 Å². The van der Waals surface area contributed by atoms with Crippen molar-refractivity contribution in [1.29, 1.82) is 0 Å². The molecule has 0 aromatic heterocycles. The Hall–Kier alpha value is 0. The fraction of sp³-hybridized carbons (Fsp3) is 0.944. The van der Waals surface area contributed by atoms with Crippen LogP contribution in [0.1, 0.15) is 104 Å². The van der Waals surface area contributed by atoms with Gasteiger partial charge in [-0.1, -0.05) is 111 Å². The van der Waals surface area contributed by atoms with Gasteiger partial charge in [0, 0.05) is 0 Å². The summed E-state index contributed by atoms with van der Waals surface area (Å²) in [6.07, 6.45) is 19.8. The molecular formula is C18H37. The van der Waals surface area contributed by atoms with Gasteiger partial charge in [0.2, 0.25) is 0 Å². The second-order valence-electron chi connectivity index (χ2n) is 5.89. The molecule has 0 bridgehead atoms. The molecule has 109 valence electrons. The molecule has 0 aliphatic rings. The third kappa shape index (κ3) is 12.5. The van der Waals surface area contributed by atoms with E-state index < -0.39 is 0 Å². The van der Waals surface area contributed by atoms with Crippen LogP contribution in [0.15, 0.2) is 0 Å². The van der Waals surface area contributed by atoms with Gasteiger partial charge in [0.05, 0.1) is 0 Å². The second-order valence-corrected chi connectivity index (χ2v) is 5.89. The van der Waals surface area contributed by atoms with Crippen molar-refractivity contribution in [3.63, 3.8) is 0 Å². The van der Waals surface area contributed by atoms with Gasteiger partial charge in [-0.05, 0) is 5.92 Å². The van der Waals surface area contributed by atoms with Gasteiger partial charge in [-0.2, -0.15) is 0 Å². The zero-order chi connectivity index (χ0) is 13.5. The first-order valence-corrected chi connectivity index (χ1v) is 8.64. The van der Waals surface area contributed by atoms with Crippen LogP contribution in [-0.4, -0.2) is 0 Å². The average molecular weight is 253 g/mol. The number of rotatable bonds is 14. The summed E-state index contributed by atoms with van der Waals surface area (Å²) in [5.41, 5.74) is 0. The Kier molecular flexibility index (Phi) is 15.1. The Morgan fingerprint density at radius 2 is 1.17 bits per heavy atom. The lowest BCUT2D eigenvalue weighted by molar-refractivity contribution is 0.396. The SMILES string of the molecule is [CH2]CCCCCCCCCC(CC)CCCCC. The van der Waals surface area contributed by atoms with E-state index >= 15 is 0 Å². The topological polar surface area (TPSA) is 0 Å². The van der Waals surface area contributed by atoms with Crippen LogP contribution < -0.4 is 0 Å². The first-order chi connectivity index (χ1) is 8.85. The van der Waals surface area contributed by atoms with Crippen LogP contribution in [-0.2, 0) is 0 Å². The Balaban J connectivity index is 3.23. The first-order valence-electron chi connectivity index (χ1n) is 8.64. The number of unbranched alkanes of at least 4 members (excludes halogenated alkanes) is 9. The highest BCUT2D eigenvalue weighted by atomic mass is 14.1. The van der Waals surface area contributed by atoms with Crippen molar-refractivity contribution in [3.8, 4) is 0 Å². The zero-order valence-corrected chi connectivity index (χ0v) is 13.2. The van der Waals surface area contributed by atoms with E-state index in [1.807, 2.05) is 0 Å². The molecule has 0 amide bonds. The summed E-state index contributed by atoms with van der Waals surface area (Å²) in [6, 6.07) is 0. The summed E-state index contributed by atoms with van der Waals surface area (Å²) in [5, 5.41) is 0. The molecule has 0 aromatic rings. The highest BCUT2D eigenvalue weighted by Gasteiger charge is 2.05. The van der Waals surface area contributed by atoms with Crippen molar-refractivity contribution in [2.75, 3.05) is 0 Å². The fourth-order valence-electron chi connectivity index (χ4n) is 2.73. The van der Waals surface area contributed by atoms with Crippen molar-refractivity contribution in [1.82, 2.24) is 0 Å². The van der Waals surface area contributed by atoms with E-state index in [4.69, 9.17) is 0 Å². The number of hydrogen-bond donors (Lipinski definition) is 0. The maximum absolute atomic E-state index is 3.89. The van der Waals surface area contributed by atoms with E-state index in [2.05, 4.69) is 20.8 Å². The molecule has 1 atom stereocenters. The van der Waals surface area contributed by atoms with Crippen LogP contribution in [0.5, 0.6) is 0 Å². The highest BCUT2D eigenvalue weighted by Crippen LogP contribution is 2.21. The molecule has 18 heavy (non-hydrogen) atoms. The van der Waals surface area contributed by atoms with E-state index in [9.17, 15) is 0 Å².